The van der Waals surface area contributed by atoms with Crippen LogP contribution in [0.15, 0.2) is 21.6 Å². The van der Waals surface area contributed by atoms with Gasteiger partial charge in [0, 0.05) is 6.54 Å². The molecule has 0 fully saturated rings. The summed E-state index contributed by atoms with van der Waals surface area (Å²) in [5, 5.41) is -0.0261. The van der Waals surface area contributed by atoms with Gasteiger partial charge in [-0.3, -0.25) is 0 Å². The Labute approximate surface area is 71.6 Å². The van der Waals surface area contributed by atoms with E-state index < -0.39 is 10.0 Å². The molecule has 0 amide bonds. The van der Waals surface area contributed by atoms with Gasteiger partial charge in [-0.2, -0.15) is 0 Å². The summed E-state index contributed by atoms with van der Waals surface area (Å²) in [6, 6.07) is 3.05. The van der Waals surface area contributed by atoms with Gasteiger partial charge in [0.15, 0.2) is 0 Å². The van der Waals surface area contributed by atoms with Gasteiger partial charge >= 0.3 is 0 Å². The second kappa shape index (κ2) is 3.28. The molecule has 0 atom stereocenters. The number of furan rings is 1. The fourth-order valence-electron chi connectivity index (χ4n) is 0.818. The summed E-state index contributed by atoms with van der Waals surface area (Å²) < 4.78 is 29.8. The highest BCUT2D eigenvalue weighted by Gasteiger charge is 2.15. The molecule has 0 saturated heterocycles. The summed E-state index contributed by atoms with van der Waals surface area (Å²) in [7, 11) is -3.41. The van der Waals surface area contributed by atoms with E-state index in [4.69, 9.17) is 4.42 Å². The fourth-order valence-corrected chi connectivity index (χ4v) is 1.83. The van der Waals surface area contributed by atoms with Gasteiger partial charge in [0.05, 0.1) is 0 Å². The summed E-state index contributed by atoms with van der Waals surface area (Å²) in [5.41, 5.74) is 0. The van der Waals surface area contributed by atoms with Crippen molar-refractivity contribution in [3.05, 3.63) is 17.9 Å². The van der Waals surface area contributed by atoms with Crippen LogP contribution in [-0.4, -0.2) is 15.0 Å². The zero-order valence-electron chi connectivity index (χ0n) is 6.99. The second-order valence-electron chi connectivity index (χ2n) is 2.37. The molecule has 0 aromatic carbocycles. The number of hydrogen-bond donors (Lipinski definition) is 1. The minimum absolute atomic E-state index is 0.0261. The summed E-state index contributed by atoms with van der Waals surface area (Å²) >= 11 is 0. The Balaban J connectivity index is 2.98. The molecule has 0 saturated carbocycles. The normalized spacial score (nSPS) is 11.8. The lowest BCUT2D eigenvalue weighted by molar-refractivity contribution is 0.425. The number of aryl methyl sites for hydroxylation is 1. The van der Waals surface area contributed by atoms with Gasteiger partial charge in [0.25, 0.3) is 10.0 Å². The Bertz CT molecular complexity index is 352. The standard InChI is InChI=1S/C7H11NO3S/c1-3-8-12(9,10)7-5-4-6(2)11-7/h4-5,8H,3H2,1-2H3. The smallest absolute Gasteiger partial charge is 0.273 e. The van der Waals surface area contributed by atoms with Crippen molar-refractivity contribution in [2.24, 2.45) is 0 Å². The third kappa shape index (κ3) is 1.86. The first kappa shape index (κ1) is 9.28. The Morgan fingerprint density at radius 2 is 2.17 bits per heavy atom. The van der Waals surface area contributed by atoms with Crippen molar-refractivity contribution in [3.8, 4) is 0 Å². The molecule has 68 valence electrons. The van der Waals surface area contributed by atoms with E-state index in [1.807, 2.05) is 0 Å². The number of rotatable bonds is 3. The molecule has 0 aliphatic carbocycles. The van der Waals surface area contributed by atoms with Crippen LogP contribution < -0.4 is 4.72 Å². The van der Waals surface area contributed by atoms with Gasteiger partial charge < -0.3 is 4.42 Å². The highest BCUT2D eigenvalue weighted by molar-refractivity contribution is 7.89. The van der Waals surface area contributed by atoms with Crippen LogP contribution in [-0.2, 0) is 10.0 Å². The van der Waals surface area contributed by atoms with Crippen LogP contribution >= 0.6 is 0 Å². The lowest BCUT2D eigenvalue weighted by atomic mass is 10.5. The van der Waals surface area contributed by atoms with Gasteiger partial charge in [-0.05, 0) is 19.1 Å². The van der Waals surface area contributed by atoms with Crippen molar-refractivity contribution in [2.75, 3.05) is 6.54 Å². The molecule has 1 heterocycles. The molecule has 1 aromatic heterocycles. The predicted octanol–water partition coefficient (Wildman–Crippen LogP) is 0.886. The van der Waals surface area contributed by atoms with Gasteiger partial charge in [0.2, 0.25) is 5.09 Å². The van der Waals surface area contributed by atoms with E-state index in [-0.39, 0.29) is 5.09 Å². The second-order valence-corrected chi connectivity index (χ2v) is 4.06. The molecule has 0 spiro atoms. The highest BCUT2D eigenvalue weighted by Crippen LogP contribution is 2.11. The van der Waals surface area contributed by atoms with E-state index in [1.165, 1.54) is 6.07 Å². The quantitative estimate of drug-likeness (QED) is 0.768. The molecule has 4 nitrogen and oxygen atoms in total. The van der Waals surface area contributed by atoms with E-state index in [1.54, 1.807) is 19.9 Å². The molecule has 0 radical (unpaired) electrons. The molecule has 0 aliphatic rings. The number of hydrogen-bond acceptors (Lipinski definition) is 3. The predicted molar refractivity (Wildman–Crippen MR) is 44.3 cm³/mol. The van der Waals surface area contributed by atoms with E-state index in [9.17, 15) is 8.42 Å². The average molecular weight is 189 g/mol. The third-order valence-electron chi connectivity index (χ3n) is 1.31. The van der Waals surface area contributed by atoms with Crippen LogP contribution in [0.4, 0.5) is 0 Å². The molecule has 12 heavy (non-hydrogen) atoms. The molecule has 5 heteroatoms. The lowest BCUT2D eigenvalue weighted by Gasteiger charge is -1.98. The molecule has 1 rings (SSSR count). The summed E-state index contributed by atoms with van der Waals surface area (Å²) in [6.07, 6.45) is 0. The van der Waals surface area contributed by atoms with Crippen LogP contribution in [0, 0.1) is 6.92 Å². The van der Waals surface area contributed by atoms with Crippen molar-refractivity contribution in [1.29, 1.82) is 0 Å². The summed E-state index contributed by atoms with van der Waals surface area (Å²) in [6.45, 7) is 3.78. The van der Waals surface area contributed by atoms with Gasteiger partial charge in [0.1, 0.15) is 5.76 Å². The maximum Gasteiger partial charge on any atom is 0.273 e. The third-order valence-corrected chi connectivity index (χ3v) is 2.73. The van der Waals surface area contributed by atoms with Gasteiger partial charge in [-0.1, -0.05) is 6.92 Å². The summed E-state index contributed by atoms with van der Waals surface area (Å²) in [5.74, 6) is 0.589. The van der Waals surface area contributed by atoms with E-state index in [0.29, 0.717) is 12.3 Å². The fraction of sp³-hybridized carbons (Fsp3) is 0.429. The van der Waals surface area contributed by atoms with Crippen molar-refractivity contribution in [1.82, 2.24) is 4.72 Å². The Kier molecular flexibility index (Phi) is 2.54. The van der Waals surface area contributed by atoms with Gasteiger partial charge in [-0.15, -0.1) is 0 Å². The molecule has 1 N–H and O–H groups in total. The van der Waals surface area contributed by atoms with E-state index >= 15 is 0 Å². The lowest BCUT2D eigenvalue weighted by Crippen LogP contribution is -2.22. The number of sulfonamides is 1. The molecule has 1 aromatic rings. The Morgan fingerprint density at radius 1 is 1.50 bits per heavy atom. The van der Waals surface area contributed by atoms with E-state index in [2.05, 4.69) is 4.72 Å². The van der Waals surface area contributed by atoms with Crippen molar-refractivity contribution >= 4 is 10.0 Å². The van der Waals surface area contributed by atoms with Crippen molar-refractivity contribution in [3.63, 3.8) is 0 Å². The molecule has 0 aliphatic heterocycles. The highest BCUT2D eigenvalue weighted by atomic mass is 32.2. The zero-order valence-corrected chi connectivity index (χ0v) is 7.81. The maximum atomic E-state index is 11.2. The van der Waals surface area contributed by atoms with Crippen LogP contribution in [0.2, 0.25) is 0 Å². The molecule has 0 bridgehead atoms. The SMILES string of the molecule is CCNS(=O)(=O)c1ccc(C)o1. The van der Waals surface area contributed by atoms with Crippen LogP contribution in [0.25, 0.3) is 0 Å². The molecule has 0 unspecified atom stereocenters. The first-order chi connectivity index (χ1) is 5.56. The minimum Gasteiger partial charge on any atom is -0.449 e. The largest absolute Gasteiger partial charge is 0.449 e. The average Bonchev–Trinajstić information content (AvgIpc) is 2.36. The maximum absolute atomic E-state index is 11.2. The van der Waals surface area contributed by atoms with Crippen molar-refractivity contribution in [2.45, 2.75) is 18.9 Å². The topological polar surface area (TPSA) is 59.3 Å². The Hall–Kier alpha value is -0.810. The Morgan fingerprint density at radius 3 is 2.58 bits per heavy atom. The zero-order chi connectivity index (χ0) is 9.19. The minimum atomic E-state index is -3.41. The van der Waals surface area contributed by atoms with Crippen LogP contribution in [0.1, 0.15) is 12.7 Å². The van der Waals surface area contributed by atoms with Crippen LogP contribution in [0.5, 0.6) is 0 Å². The monoisotopic (exact) mass is 189 g/mol. The van der Waals surface area contributed by atoms with Gasteiger partial charge in [-0.25, -0.2) is 13.1 Å². The first-order valence-electron chi connectivity index (χ1n) is 3.62. The van der Waals surface area contributed by atoms with Crippen LogP contribution in [0.3, 0.4) is 0 Å². The summed E-state index contributed by atoms with van der Waals surface area (Å²) in [4.78, 5) is 0. The molecular weight excluding hydrogens is 178 g/mol. The van der Waals surface area contributed by atoms with Crippen molar-refractivity contribution < 1.29 is 12.8 Å². The number of nitrogens with one attached hydrogen (secondary N) is 1. The molecular formula is C7H11NO3S. The first-order valence-corrected chi connectivity index (χ1v) is 5.10. The van der Waals surface area contributed by atoms with E-state index in [0.717, 1.165) is 0 Å².